The maximum atomic E-state index is 13.6. The first kappa shape index (κ1) is 32.4. The summed E-state index contributed by atoms with van der Waals surface area (Å²) in [6.07, 6.45) is 3.90. The Labute approximate surface area is 228 Å². The highest BCUT2D eigenvalue weighted by Gasteiger charge is 2.38. The number of nitrogens with zero attached hydrogens (tertiary/aromatic N) is 2. The van der Waals surface area contributed by atoms with Gasteiger partial charge in [0.05, 0.1) is 4.71 Å². The molecule has 2 aliphatic rings. The third-order valence-electron chi connectivity index (χ3n) is 5.59. The van der Waals surface area contributed by atoms with Gasteiger partial charge in [0, 0.05) is 48.6 Å². The van der Waals surface area contributed by atoms with E-state index in [1.165, 1.54) is 23.1 Å². The molecular formula is C27H36Cl2F3N3S. The van der Waals surface area contributed by atoms with Crippen LogP contribution in [0.1, 0.15) is 43.2 Å². The average molecular weight is 563 g/mol. The molecule has 2 heterocycles. The van der Waals surface area contributed by atoms with Gasteiger partial charge in [-0.25, -0.2) is 0 Å². The highest BCUT2D eigenvalue weighted by molar-refractivity contribution is 8.05. The first-order valence-electron chi connectivity index (χ1n) is 11.6. The average Bonchev–Trinajstić information content (AvgIpc) is 3.24. The number of hydrogen-bond donors (Lipinski definition) is 1. The Morgan fingerprint density at radius 2 is 1.89 bits per heavy atom. The number of nitrogens with two attached hydrogens (primary N) is 1. The molecule has 2 N–H and O–H groups in total. The molecule has 0 amide bonds. The lowest BCUT2D eigenvalue weighted by Crippen LogP contribution is -2.32. The zero-order chi connectivity index (χ0) is 27.3. The van der Waals surface area contributed by atoms with Crippen LogP contribution in [0.5, 0.6) is 0 Å². The fourth-order valence-corrected chi connectivity index (χ4v) is 5.67. The molecule has 0 radical (unpaired) electrons. The number of hydrogen-bond acceptors (Lipinski definition) is 4. The lowest BCUT2D eigenvalue weighted by Gasteiger charge is -2.33. The summed E-state index contributed by atoms with van der Waals surface area (Å²) in [6, 6.07) is 7.23. The zero-order valence-corrected chi connectivity index (χ0v) is 23.5. The van der Waals surface area contributed by atoms with Gasteiger partial charge in [0.15, 0.2) is 0 Å². The molecule has 0 saturated heterocycles. The van der Waals surface area contributed by atoms with Crippen LogP contribution < -0.4 is 5.73 Å². The van der Waals surface area contributed by atoms with Crippen molar-refractivity contribution in [2.45, 2.75) is 43.0 Å². The molecule has 0 bridgehead atoms. The van der Waals surface area contributed by atoms with E-state index in [9.17, 15) is 13.2 Å². The van der Waals surface area contributed by atoms with Gasteiger partial charge in [0.1, 0.15) is 5.70 Å². The normalized spacial score (nSPS) is 20.6. The molecule has 0 aromatic heterocycles. The van der Waals surface area contributed by atoms with E-state index in [0.29, 0.717) is 12.1 Å². The Morgan fingerprint density at radius 1 is 1.25 bits per heavy atom. The number of alkyl halides is 5. The second-order valence-corrected chi connectivity index (χ2v) is 10.3. The van der Waals surface area contributed by atoms with Gasteiger partial charge in [-0.05, 0) is 36.6 Å². The van der Waals surface area contributed by atoms with Crippen LogP contribution in [0.3, 0.4) is 0 Å². The van der Waals surface area contributed by atoms with E-state index in [0.717, 1.165) is 37.9 Å². The summed E-state index contributed by atoms with van der Waals surface area (Å²) >= 11 is 12.7. The van der Waals surface area contributed by atoms with Gasteiger partial charge < -0.3 is 10.6 Å². The van der Waals surface area contributed by atoms with Gasteiger partial charge in [0.25, 0.3) is 0 Å². The van der Waals surface area contributed by atoms with E-state index < -0.39 is 11.9 Å². The molecule has 36 heavy (non-hydrogen) atoms. The highest BCUT2D eigenvalue weighted by atomic mass is 35.5. The van der Waals surface area contributed by atoms with Crippen molar-refractivity contribution in [3.8, 4) is 0 Å². The van der Waals surface area contributed by atoms with Gasteiger partial charge in [-0.3, -0.25) is 4.99 Å². The van der Waals surface area contributed by atoms with Crippen LogP contribution in [0, 0.1) is 0 Å². The monoisotopic (exact) mass is 561 g/mol. The fraction of sp³-hybridized carbons (Fsp3) is 0.444. The summed E-state index contributed by atoms with van der Waals surface area (Å²) in [4.78, 5) is 7.66. The molecule has 0 aliphatic carbocycles. The van der Waals surface area contributed by atoms with Crippen molar-refractivity contribution in [1.29, 1.82) is 0 Å². The Hall–Kier alpha value is -1.67. The maximum Gasteiger partial charge on any atom is 0.431 e. The number of allylic oxidation sites excluding steroid dienone is 4. The van der Waals surface area contributed by atoms with Crippen LogP contribution in [0.4, 0.5) is 13.2 Å². The van der Waals surface area contributed by atoms with E-state index in [-0.39, 0.29) is 16.2 Å². The van der Waals surface area contributed by atoms with Crippen LogP contribution in [0.15, 0.2) is 70.7 Å². The molecule has 2 unspecified atom stereocenters. The second kappa shape index (κ2) is 16.2. The van der Waals surface area contributed by atoms with E-state index >= 15 is 0 Å². The van der Waals surface area contributed by atoms with E-state index in [4.69, 9.17) is 17.3 Å². The molecule has 2 atom stereocenters. The zero-order valence-electron chi connectivity index (χ0n) is 21.1. The van der Waals surface area contributed by atoms with Crippen LogP contribution in [0.2, 0.25) is 0 Å². The lowest BCUT2D eigenvalue weighted by molar-refractivity contribution is -0.0918. The molecule has 2 aliphatic heterocycles. The Balaban J connectivity index is 0.000000982. The number of aliphatic imine (C=N–C) groups is 1. The first-order valence-corrected chi connectivity index (χ1v) is 13.7. The summed E-state index contributed by atoms with van der Waals surface area (Å²) in [5.74, 6) is -0.0220. The van der Waals surface area contributed by atoms with Crippen LogP contribution in [0.25, 0.3) is 5.57 Å². The van der Waals surface area contributed by atoms with Gasteiger partial charge in [-0.2, -0.15) is 13.2 Å². The molecule has 200 valence electrons. The summed E-state index contributed by atoms with van der Waals surface area (Å²) < 4.78 is 40.7. The predicted molar refractivity (Wildman–Crippen MR) is 153 cm³/mol. The largest absolute Gasteiger partial charge is 0.431 e. The Bertz CT molecular complexity index is 952. The molecule has 0 saturated carbocycles. The smallest absolute Gasteiger partial charge is 0.394 e. The number of rotatable bonds is 7. The van der Waals surface area contributed by atoms with Crippen molar-refractivity contribution in [3.63, 3.8) is 0 Å². The molecule has 0 spiro atoms. The van der Waals surface area contributed by atoms with E-state index in [1.54, 1.807) is 36.0 Å². The lowest BCUT2D eigenvalue weighted by atomic mass is 9.82. The quantitative estimate of drug-likeness (QED) is 0.159. The minimum Gasteiger partial charge on any atom is -0.394 e. The standard InChI is InChI=1S/C22H27ClF3N3S.C4H6.CH3Cl/c1-3-4-9-28-11-17(21(27)22(24,25)26)14-7-5-6-8-15(14)18-12-29(2)13-19-16(18)10-20(23)30-19;1-3-4-2;1-2/h5-8,11,18,20H,3-4,9-10,12-13,27H2,1-2H3;3-4H,1-2H2;1H3/b21-17+,28-11?;;. The van der Waals surface area contributed by atoms with Crippen molar-refractivity contribution in [2.24, 2.45) is 10.7 Å². The molecule has 3 nitrogen and oxygen atoms in total. The molecular weight excluding hydrogens is 526 g/mol. The maximum absolute atomic E-state index is 13.6. The van der Waals surface area contributed by atoms with E-state index in [2.05, 4.69) is 34.7 Å². The van der Waals surface area contributed by atoms with E-state index in [1.807, 2.05) is 26.1 Å². The third kappa shape index (κ3) is 9.33. The molecule has 0 fully saturated rings. The minimum atomic E-state index is -4.63. The van der Waals surface area contributed by atoms with Gasteiger partial charge >= 0.3 is 6.18 Å². The van der Waals surface area contributed by atoms with Gasteiger partial charge in [-0.15, -0.1) is 35.0 Å². The third-order valence-corrected chi connectivity index (χ3v) is 7.11. The number of halogens is 5. The van der Waals surface area contributed by atoms with Crippen molar-refractivity contribution < 1.29 is 13.2 Å². The van der Waals surface area contributed by atoms with Crippen LogP contribution in [-0.2, 0) is 0 Å². The highest BCUT2D eigenvalue weighted by Crippen LogP contribution is 2.49. The van der Waals surface area contributed by atoms with Crippen LogP contribution >= 0.6 is 35.0 Å². The Kier molecular flexibility index (Phi) is 14.6. The second-order valence-electron chi connectivity index (χ2n) is 8.20. The molecule has 9 heteroatoms. The first-order chi connectivity index (χ1) is 17.1. The topological polar surface area (TPSA) is 41.6 Å². The molecule has 1 aromatic carbocycles. The Morgan fingerprint density at radius 3 is 2.47 bits per heavy atom. The van der Waals surface area contributed by atoms with Gasteiger partial charge in [0.2, 0.25) is 0 Å². The van der Waals surface area contributed by atoms with Crippen LogP contribution in [-0.4, -0.2) is 55.1 Å². The van der Waals surface area contributed by atoms with Crippen molar-refractivity contribution in [3.05, 3.63) is 76.9 Å². The minimum absolute atomic E-state index is 0.0220. The van der Waals surface area contributed by atoms with Crippen molar-refractivity contribution >= 4 is 46.8 Å². The fourth-order valence-electron chi connectivity index (χ4n) is 3.94. The molecule has 3 rings (SSSR count). The number of thioether (sulfide) groups is 1. The summed E-state index contributed by atoms with van der Waals surface area (Å²) in [5, 5.41) is 0. The predicted octanol–water partition coefficient (Wildman–Crippen LogP) is 7.99. The number of likely N-dealkylation sites (N-methyl/N-ethyl adjacent to an activating group) is 1. The SMILES string of the molecule is C=CC=C.CCCCN=C/C(=C(\N)C(F)(F)F)c1ccccc1C1CN(C)CC2=C1CC(Cl)S2.CCl. The summed E-state index contributed by atoms with van der Waals surface area (Å²) in [6.45, 7) is 10.8. The van der Waals surface area contributed by atoms with Crippen molar-refractivity contribution in [2.75, 3.05) is 33.1 Å². The number of benzene rings is 1. The van der Waals surface area contributed by atoms with Crippen molar-refractivity contribution in [1.82, 2.24) is 4.90 Å². The molecule has 1 aromatic rings. The number of unbranched alkanes of at least 4 members (excludes halogenated alkanes) is 1. The summed E-state index contributed by atoms with van der Waals surface area (Å²) in [7, 11) is 2.02. The van der Waals surface area contributed by atoms with Gasteiger partial charge in [-0.1, -0.05) is 62.9 Å². The summed E-state index contributed by atoms with van der Waals surface area (Å²) in [5.41, 5.74) is 7.01.